The number of rotatable bonds is 7. The first kappa shape index (κ1) is 17.5. The van der Waals surface area contributed by atoms with Crippen molar-refractivity contribution in [1.29, 1.82) is 0 Å². The van der Waals surface area contributed by atoms with Gasteiger partial charge in [0, 0.05) is 23.4 Å². The van der Waals surface area contributed by atoms with Gasteiger partial charge in [0.1, 0.15) is 18.2 Å². The summed E-state index contributed by atoms with van der Waals surface area (Å²) in [6.07, 6.45) is 0. The molecule has 3 aromatic carbocycles. The fourth-order valence-corrected chi connectivity index (χ4v) is 2.49. The number of carbonyl (C=O) groups is 1. The molecule has 0 aromatic heterocycles. The Balaban J connectivity index is 1.65. The monoisotopic (exact) mass is 351 g/mol. The zero-order chi connectivity index (χ0) is 18.4. The van der Waals surface area contributed by atoms with Gasteiger partial charge in [-0.3, -0.25) is 0 Å². The summed E-state index contributed by atoms with van der Waals surface area (Å²) in [7, 11) is 0. The Morgan fingerprint density at radius 2 is 1.58 bits per heavy atom. The predicted molar refractivity (Wildman–Crippen MR) is 97.9 cm³/mol. The lowest BCUT2D eigenvalue weighted by Crippen LogP contribution is -2.05. The van der Waals surface area contributed by atoms with Gasteiger partial charge in [-0.1, -0.05) is 36.4 Å². The summed E-state index contributed by atoms with van der Waals surface area (Å²) in [5.74, 6) is -0.574. The quantitative estimate of drug-likeness (QED) is 0.647. The molecule has 26 heavy (non-hydrogen) atoms. The van der Waals surface area contributed by atoms with E-state index in [4.69, 9.17) is 9.84 Å². The van der Waals surface area contributed by atoms with Crippen LogP contribution in [0.15, 0.2) is 72.8 Å². The molecule has 0 fully saturated rings. The topological polar surface area (TPSA) is 58.6 Å². The molecule has 0 aliphatic rings. The van der Waals surface area contributed by atoms with Crippen molar-refractivity contribution in [3.8, 4) is 5.75 Å². The summed E-state index contributed by atoms with van der Waals surface area (Å²) < 4.78 is 19.5. The maximum Gasteiger partial charge on any atom is 0.335 e. The predicted octanol–water partition coefficient (Wildman–Crippen LogP) is 4.72. The lowest BCUT2D eigenvalue weighted by Gasteiger charge is -2.13. The summed E-state index contributed by atoms with van der Waals surface area (Å²) in [6.45, 7) is 0.650. The molecule has 0 heterocycles. The van der Waals surface area contributed by atoms with Gasteiger partial charge in [-0.15, -0.1) is 0 Å². The number of carboxylic acid groups (broad SMARTS) is 1. The zero-order valence-corrected chi connectivity index (χ0v) is 14.0. The highest BCUT2D eigenvalue weighted by Crippen LogP contribution is 2.21. The fourth-order valence-electron chi connectivity index (χ4n) is 2.49. The Labute approximate surface area is 150 Å². The zero-order valence-electron chi connectivity index (χ0n) is 14.0. The van der Waals surface area contributed by atoms with Gasteiger partial charge in [0.25, 0.3) is 0 Å². The molecule has 0 aliphatic carbocycles. The molecule has 3 rings (SSSR count). The number of anilines is 1. The van der Waals surface area contributed by atoms with Crippen molar-refractivity contribution >= 4 is 11.7 Å². The van der Waals surface area contributed by atoms with Gasteiger partial charge in [-0.25, -0.2) is 9.18 Å². The Bertz CT molecular complexity index is 894. The Kier molecular flexibility index (Phi) is 5.49. The third-order valence-electron chi connectivity index (χ3n) is 3.93. The molecule has 0 atom stereocenters. The minimum Gasteiger partial charge on any atom is -0.488 e. The van der Waals surface area contributed by atoms with Crippen LogP contribution in [0.5, 0.6) is 5.75 Å². The molecule has 0 saturated heterocycles. The van der Waals surface area contributed by atoms with Crippen LogP contribution in [0.25, 0.3) is 0 Å². The van der Waals surface area contributed by atoms with Gasteiger partial charge in [-0.05, 0) is 36.4 Å². The smallest absolute Gasteiger partial charge is 0.335 e. The van der Waals surface area contributed by atoms with E-state index in [-0.39, 0.29) is 18.0 Å². The van der Waals surface area contributed by atoms with Crippen molar-refractivity contribution in [2.45, 2.75) is 13.2 Å². The maximum atomic E-state index is 13.7. The van der Waals surface area contributed by atoms with E-state index in [0.29, 0.717) is 17.9 Å². The van der Waals surface area contributed by atoms with Crippen LogP contribution in [0.1, 0.15) is 21.5 Å². The molecule has 0 spiro atoms. The Hall–Kier alpha value is -3.34. The average Bonchev–Trinajstić information content (AvgIpc) is 2.66. The van der Waals surface area contributed by atoms with Crippen molar-refractivity contribution in [2.24, 2.45) is 0 Å². The standard InChI is InChI=1S/C21H18FNO3/c22-19-7-3-1-6-17(19)14-26-20-8-4-2-5-16(20)13-23-18-11-9-15(10-12-18)21(24)25/h1-12,23H,13-14H2,(H,24,25). The molecule has 4 nitrogen and oxygen atoms in total. The van der Waals surface area contributed by atoms with E-state index in [1.165, 1.54) is 6.07 Å². The Morgan fingerprint density at radius 1 is 0.923 bits per heavy atom. The van der Waals surface area contributed by atoms with Crippen LogP contribution >= 0.6 is 0 Å². The number of ether oxygens (including phenoxy) is 1. The molecule has 3 aromatic rings. The van der Waals surface area contributed by atoms with E-state index in [1.54, 1.807) is 42.5 Å². The minimum atomic E-state index is -0.955. The van der Waals surface area contributed by atoms with E-state index >= 15 is 0 Å². The van der Waals surface area contributed by atoms with Crippen LogP contribution in [-0.4, -0.2) is 11.1 Å². The summed E-state index contributed by atoms with van der Waals surface area (Å²) in [4.78, 5) is 10.9. The van der Waals surface area contributed by atoms with Gasteiger partial charge in [0.2, 0.25) is 0 Å². The molecule has 0 radical (unpaired) electrons. The highest BCUT2D eigenvalue weighted by Gasteiger charge is 2.07. The van der Waals surface area contributed by atoms with Crippen LogP contribution in [-0.2, 0) is 13.2 Å². The summed E-state index contributed by atoms with van der Waals surface area (Å²) in [5, 5.41) is 12.2. The highest BCUT2D eigenvalue weighted by atomic mass is 19.1. The molecule has 5 heteroatoms. The number of nitrogens with one attached hydrogen (secondary N) is 1. The third-order valence-corrected chi connectivity index (χ3v) is 3.93. The normalized spacial score (nSPS) is 10.3. The van der Waals surface area contributed by atoms with Crippen LogP contribution in [0.2, 0.25) is 0 Å². The summed E-state index contributed by atoms with van der Waals surface area (Å²) >= 11 is 0. The number of benzene rings is 3. The van der Waals surface area contributed by atoms with E-state index < -0.39 is 5.97 Å². The number of aromatic carboxylic acids is 1. The van der Waals surface area contributed by atoms with Crippen molar-refractivity contribution in [2.75, 3.05) is 5.32 Å². The third kappa shape index (κ3) is 4.39. The molecular weight excluding hydrogens is 333 g/mol. The van der Waals surface area contributed by atoms with Crippen molar-refractivity contribution in [1.82, 2.24) is 0 Å². The first-order valence-corrected chi connectivity index (χ1v) is 8.15. The molecule has 0 saturated carbocycles. The van der Waals surface area contributed by atoms with Crippen LogP contribution in [0.4, 0.5) is 10.1 Å². The second-order valence-corrected chi connectivity index (χ2v) is 5.72. The molecule has 0 amide bonds. The van der Waals surface area contributed by atoms with Gasteiger partial charge >= 0.3 is 5.97 Å². The van der Waals surface area contributed by atoms with Crippen molar-refractivity contribution < 1.29 is 19.0 Å². The molecule has 0 bridgehead atoms. The number of hydrogen-bond donors (Lipinski definition) is 2. The van der Waals surface area contributed by atoms with E-state index in [0.717, 1.165) is 11.3 Å². The van der Waals surface area contributed by atoms with E-state index in [2.05, 4.69) is 5.32 Å². The molecular formula is C21H18FNO3. The van der Waals surface area contributed by atoms with Gasteiger partial charge in [0.05, 0.1) is 5.56 Å². The molecule has 0 aliphatic heterocycles. The number of para-hydroxylation sites is 1. The van der Waals surface area contributed by atoms with E-state index in [1.807, 2.05) is 24.3 Å². The molecule has 2 N–H and O–H groups in total. The number of carboxylic acids is 1. The first-order chi connectivity index (χ1) is 12.6. The lowest BCUT2D eigenvalue weighted by atomic mass is 10.1. The van der Waals surface area contributed by atoms with Gasteiger partial charge < -0.3 is 15.2 Å². The summed E-state index contributed by atoms with van der Waals surface area (Å²) in [5.41, 5.74) is 2.47. The van der Waals surface area contributed by atoms with Gasteiger partial charge in [0.15, 0.2) is 0 Å². The Morgan fingerprint density at radius 3 is 2.27 bits per heavy atom. The molecule has 132 valence electrons. The second kappa shape index (κ2) is 8.16. The highest BCUT2D eigenvalue weighted by molar-refractivity contribution is 5.87. The van der Waals surface area contributed by atoms with Crippen LogP contribution in [0, 0.1) is 5.82 Å². The minimum absolute atomic E-state index is 0.150. The first-order valence-electron chi connectivity index (χ1n) is 8.15. The second-order valence-electron chi connectivity index (χ2n) is 5.72. The average molecular weight is 351 g/mol. The molecule has 0 unspecified atom stereocenters. The largest absolute Gasteiger partial charge is 0.488 e. The van der Waals surface area contributed by atoms with Crippen LogP contribution in [0.3, 0.4) is 0 Å². The van der Waals surface area contributed by atoms with Crippen LogP contribution < -0.4 is 10.1 Å². The van der Waals surface area contributed by atoms with Gasteiger partial charge in [-0.2, -0.15) is 0 Å². The number of hydrogen-bond acceptors (Lipinski definition) is 3. The summed E-state index contributed by atoms with van der Waals surface area (Å²) in [6, 6.07) is 20.6. The van der Waals surface area contributed by atoms with E-state index in [9.17, 15) is 9.18 Å². The van der Waals surface area contributed by atoms with Crippen molar-refractivity contribution in [3.63, 3.8) is 0 Å². The van der Waals surface area contributed by atoms with Crippen molar-refractivity contribution in [3.05, 3.63) is 95.3 Å². The fraction of sp³-hybridized carbons (Fsp3) is 0.0952. The maximum absolute atomic E-state index is 13.7. The lowest BCUT2D eigenvalue weighted by molar-refractivity contribution is 0.0697. The number of halogens is 1. The SMILES string of the molecule is O=C(O)c1ccc(NCc2ccccc2OCc2ccccc2F)cc1.